The molecule has 0 radical (unpaired) electrons. The highest BCUT2D eigenvalue weighted by molar-refractivity contribution is 7.91. The molecule has 1 aromatic rings. The Morgan fingerprint density at radius 1 is 1.60 bits per heavy atom. The van der Waals surface area contributed by atoms with E-state index in [1.165, 1.54) is 11.3 Å². The van der Waals surface area contributed by atoms with Gasteiger partial charge >= 0.3 is 0 Å². The number of hydrogen-bond donors (Lipinski definition) is 1. The maximum Gasteiger partial charge on any atom is 0.158 e. The highest BCUT2D eigenvalue weighted by atomic mass is 32.2. The molecule has 1 saturated heterocycles. The van der Waals surface area contributed by atoms with E-state index >= 15 is 0 Å². The molecule has 0 saturated carbocycles. The smallest absolute Gasteiger partial charge is 0.158 e. The van der Waals surface area contributed by atoms with E-state index in [9.17, 15) is 8.42 Å². The molecule has 1 aromatic heterocycles. The summed E-state index contributed by atoms with van der Waals surface area (Å²) in [6.07, 6.45) is 1.39. The van der Waals surface area contributed by atoms with Crippen LogP contribution in [0.3, 0.4) is 0 Å². The Bertz CT molecular complexity index is 464. The molecule has 2 rings (SSSR count). The molecular formula is C9H13NO3S2. The SMILES string of the molecule is Cc1sc(CO)nc1C1CCCS1(=O)=O. The predicted molar refractivity (Wildman–Crippen MR) is 58.5 cm³/mol. The third-order valence-electron chi connectivity index (χ3n) is 2.65. The maximum absolute atomic E-state index is 11.7. The summed E-state index contributed by atoms with van der Waals surface area (Å²) in [5.41, 5.74) is 0.654. The van der Waals surface area contributed by atoms with Gasteiger partial charge in [0, 0.05) is 4.88 Å². The van der Waals surface area contributed by atoms with Crippen LogP contribution in [-0.4, -0.2) is 24.3 Å². The molecule has 6 heteroatoms. The minimum absolute atomic E-state index is 0.113. The monoisotopic (exact) mass is 247 g/mol. The zero-order valence-electron chi connectivity index (χ0n) is 8.43. The predicted octanol–water partition coefficient (Wildman–Crippen LogP) is 1.19. The van der Waals surface area contributed by atoms with Gasteiger partial charge in [0.1, 0.15) is 10.3 Å². The first-order valence-electron chi connectivity index (χ1n) is 4.83. The summed E-state index contributed by atoms with van der Waals surface area (Å²) in [7, 11) is -2.99. The van der Waals surface area contributed by atoms with Crippen LogP contribution in [0.2, 0.25) is 0 Å². The fourth-order valence-electron chi connectivity index (χ4n) is 1.93. The van der Waals surface area contributed by atoms with Crippen molar-refractivity contribution in [3.8, 4) is 0 Å². The largest absolute Gasteiger partial charge is 0.389 e. The minimum atomic E-state index is -2.99. The summed E-state index contributed by atoms with van der Waals surface area (Å²) in [6, 6.07) is 0. The molecule has 1 fully saturated rings. The third-order valence-corrected chi connectivity index (χ3v) is 5.80. The van der Waals surface area contributed by atoms with Crippen LogP contribution in [0, 0.1) is 6.92 Å². The van der Waals surface area contributed by atoms with Gasteiger partial charge in [0.25, 0.3) is 0 Å². The molecule has 1 unspecified atom stereocenters. The number of aliphatic hydroxyl groups excluding tert-OH is 1. The zero-order valence-corrected chi connectivity index (χ0v) is 10.1. The first kappa shape index (κ1) is 11.0. The lowest BCUT2D eigenvalue weighted by atomic mass is 10.2. The number of aliphatic hydroxyl groups is 1. The van der Waals surface area contributed by atoms with Gasteiger partial charge in [-0.05, 0) is 19.8 Å². The number of thiazole rings is 1. The molecular weight excluding hydrogens is 234 g/mol. The third kappa shape index (κ3) is 1.93. The number of rotatable bonds is 2. The van der Waals surface area contributed by atoms with Gasteiger partial charge in [-0.25, -0.2) is 13.4 Å². The molecule has 2 heterocycles. The van der Waals surface area contributed by atoms with Gasteiger partial charge in [-0.3, -0.25) is 0 Å². The van der Waals surface area contributed by atoms with Gasteiger partial charge in [0.05, 0.1) is 18.1 Å². The van der Waals surface area contributed by atoms with Crippen LogP contribution in [0.1, 0.15) is 33.7 Å². The van der Waals surface area contributed by atoms with E-state index in [4.69, 9.17) is 5.11 Å². The summed E-state index contributed by atoms with van der Waals surface area (Å²) in [6.45, 7) is 1.75. The lowest BCUT2D eigenvalue weighted by molar-refractivity contribution is 0.281. The van der Waals surface area contributed by atoms with E-state index < -0.39 is 15.1 Å². The van der Waals surface area contributed by atoms with Crippen LogP contribution in [0.4, 0.5) is 0 Å². The highest BCUT2D eigenvalue weighted by Gasteiger charge is 2.35. The average molecular weight is 247 g/mol. The van der Waals surface area contributed by atoms with E-state index in [0.29, 0.717) is 17.1 Å². The molecule has 0 amide bonds. The van der Waals surface area contributed by atoms with Crippen LogP contribution in [0.25, 0.3) is 0 Å². The average Bonchev–Trinajstić information content (AvgIpc) is 2.68. The summed E-state index contributed by atoms with van der Waals surface area (Å²) >= 11 is 1.38. The van der Waals surface area contributed by atoms with Gasteiger partial charge in [0.2, 0.25) is 0 Å². The maximum atomic E-state index is 11.7. The summed E-state index contributed by atoms with van der Waals surface area (Å²) in [4.78, 5) is 5.11. The van der Waals surface area contributed by atoms with Gasteiger partial charge in [0.15, 0.2) is 9.84 Å². The van der Waals surface area contributed by atoms with Crippen molar-refractivity contribution in [3.05, 3.63) is 15.6 Å². The first-order valence-corrected chi connectivity index (χ1v) is 7.36. The lowest BCUT2D eigenvalue weighted by Gasteiger charge is -2.06. The molecule has 0 bridgehead atoms. The summed E-state index contributed by atoms with van der Waals surface area (Å²) in [5, 5.41) is 9.11. The molecule has 84 valence electrons. The fourth-order valence-corrected chi connectivity index (χ4v) is 4.81. The van der Waals surface area contributed by atoms with E-state index in [1.807, 2.05) is 6.92 Å². The van der Waals surface area contributed by atoms with Crippen LogP contribution in [-0.2, 0) is 16.4 Å². The Morgan fingerprint density at radius 2 is 2.33 bits per heavy atom. The van der Waals surface area contributed by atoms with Crippen molar-refractivity contribution in [2.45, 2.75) is 31.6 Å². The van der Waals surface area contributed by atoms with E-state index in [0.717, 1.165) is 11.3 Å². The fraction of sp³-hybridized carbons (Fsp3) is 0.667. The topological polar surface area (TPSA) is 67.3 Å². The second-order valence-corrected chi connectivity index (χ2v) is 7.30. The van der Waals surface area contributed by atoms with Crippen molar-refractivity contribution in [1.82, 2.24) is 4.98 Å². The molecule has 1 aliphatic heterocycles. The molecule has 1 aliphatic rings. The molecule has 1 atom stereocenters. The van der Waals surface area contributed by atoms with Gasteiger partial charge < -0.3 is 5.11 Å². The number of aryl methyl sites for hydroxylation is 1. The Hall–Kier alpha value is -0.460. The normalized spacial score (nSPS) is 24.5. The zero-order chi connectivity index (χ0) is 11.1. The van der Waals surface area contributed by atoms with E-state index in [-0.39, 0.29) is 12.4 Å². The Morgan fingerprint density at radius 3 is 2.80 bits per heavy atom. The quantitative estimate of drug-likeness (QED) is 0.852. The van der Waals surface area contributed by atoms with Gasteiger partial charge in [-0.1, -0.05) is 0 Å². The van der Waals surface area contributed by atoms with Crippen LogP contribution >= 0.6 is 11.3 Å². The Kier molecular flexibility index (Phi) is 2.83. The standard InChI is InChI=1S/C9H13NO3S2/c1-6-9(10-8(5-11)14-6)7-3-2-4-15(7,12)13/h7,11H,2-5H2,1H3. The highest BCUT2D eigenvalue weighted by Crippen LogP contribution is 2.37. The molecule has 0 aliphatic carbocycles. The molecule has 0 aromatic carbocycles. The number of sulfone groups is 1. The molecule has 1 N–H and O–H groups in total. The van der Waals surface area contributed by atoms with Crippen molar-refractivity contribution in [1.29, 1.82) is 0 Å². The molecule has 0 spiro atoms. The Balaban J connectivity index is 2.41. The second-order valence-electron chi connectivity index (χ2n) is 3.70. The van der Waals surface area contributed by atoms with Crippen molar-refractivity contribution in [2.24, 2.45) is 0 Å². The van der Waals surface area contributed by atoms with E-state index in [1.54, 1.807) is 0 Å². The van der Waals surface area contributed by atoms with Crippen molar-refractivity contribution < 1.29 is 13.5 Å². The minimum Gasteiger partial charge on any atom is -0.389 e. The van der Waals surface area contributed by atoms with Crippen LogP contribution in [0.15, 0.2) is 0 Å². The van der Waals surface area contributed by atoms with Gasteiger partial charge in [-0.2, -0.15) is 0 Å². The first-order chi connectivity index (χ1) is 7.04. The summed E-state index contributed by atoms with van der Waals surface area (Å²) in [5.74, 6) is 0.267. The number of aromatic nitrogens is 1. The van der Waals surface area contributed by atoms with Crippen molar-refractivity contribution >= 4 is 21.2 Å². The number of nitrogens with zero attached hydrogens (tertiary/aromatic N) is 1. The lowest BCUT2D eigenvalue weighted by Crippen LogP contribution is -2.09. The van der Waals surface area contributed by atoms with Crippen LogP contribution < -0.4 is 0 Å². The van der Waals surface area contributed by atoms with Gasteiger partial charge in [-0.15, -0.1) is 11.3 Å². The van der Waals surface area contributed by atoms with Crippen LogP contribution in [0.5, 0.6) is 0 Å². The molecule has 4 nitrogen and oxygen atoms in total. The second kappa shape index (κ2) is 3.84. The molecule has 15 heavy (non-hydrogen) atoms. The Labute approximate surface area is 92.9 Å². The number of hydrogen-bond acceptors (Lipinski definition) is 5. The van der Waals surface area contributed by atoms with E-state index in [2.05, 4.69) is 4.98 Å². The summed E-state index contributed by atoms with van der Waals surface area (Å²) < 4.78 is 23.4. The van der Waals surface area contributed by atoms with Crippen molar-refractivity contribution in [2.75, 3.05) is 5.75 Å². The van der Waals surface area contributed by atoms with Crippen molar-refractivity contribution in [3.63, 3.8) is 0 Å².